The summed E-state index contributed by atoms with van der Waals surface area (Å²) in [5.74, 6) is 2.10. The Balaban J connectivity index is 1.29. The second kappa shape index (κ2) is 11.1. The van der Waals surface area contributed by atoms with Gasteiger partial charge in [-0.1, -0.05) is 26.6 Å². The summed E-state index contributed by atoms with van der Waals surface area (Å²) in [5, 5.41) is 5.08. The predicted octanol–water partition coefficient (Wildman–Crippen LogP) is 4.56. The van der Waals surface area contributed by atoms with Gasteiger partial charge in [-0.25, -0.2) is 9.67 Å². The number of aromatic amines is 1. The van der Waals surface area contributed by atoms with Crippen LogP contribution in [0.4, 0.5) is 5.69 Å². The molecule has 1 saturated heterocycles. The number of hydrogen-bond donors (Lipinski definition) is 1. The standard InChI is InChI=1S/C31H46N6O4Si/c1-20(36-8-10-40-11-9-36)30(38)35(3)25-15-23-24(16-27(25)39-4)33-29(32-23)28-22-14-21-17-31(21,2)18-26(22)37(34-28)19-41-12-13-42(5,6)7/h15-16,20-21H,8-14,17-19H2,1-7H3,(H,32,33)/t20?,21-,31-/m1/s1. The van der Waals surface area contributed by atoms with E-state index in [2.05, 4.69) is 41.1 Å². The van der Waals surface area contributed by atoms with E-state index in [4.69, 9.17) is 24.3 Å². The summed E-state index contributed by atoms with van der Waals surface area (Å²) in [6, 6.07) is 4.76. The predicted molar refractivity (Wildman–Crippen MR) is 167 cm³/mol. The van der Waals surface area contributed by atoms with Crippen molar-refractivity contribution < 1.29 is 19.0 Å². The van der Waals surface area contributed by atoms with E-state index in [0.29, 0.717) is 42.7 Å². The third kappa shape index (κ3) is 5.63. The molecule has 1 N–H and O–H groups in total. The minimum Gasteiger partial charge on any atom is -0.494 e. The highest BCUT2D eigenvalue weighted by atomic mass is 28.3. The van der Waals surface area contributed by atoms with Crippen molar-refractivity contribution in [3.05, 3.63) is 23.4 Å². The van der Waals surface area contributed by atoms with E-state index in [-0.39, 0.29) is 11.9 Å². The number of carbonyl (C=O) groups is 1. The fourth-order valence-corrected chi connectivity index (χ4v) is 7.28. The number of benzene rings is 1. The number of rotatable bonds is 10. The Morgan fingerprint density at radius 3 is 2.76 bits per heavy atom. The average Bonchev–Trinajstić information content (AvgIpc) is 3.28. The number of ether oxygens (including phenoxy) is 3. The third-order valence-corrected chi connectivity index (χ3v) is 11.3. The zero-order valence-electron chi connectivity index (χ0n) is 26.2. The molecule has 6 rings (SSSR count). The largest absolute Gasteiger partial charge is 0.494 e. The molecule has 1 aromatic carbocycles. The number of likely N-dealkylation sites (N-methyl/N-ethyl adjacent to an activating group) is 1. The number of aromatic nitrogens is 4. The molecule has 42 heavy (non-hydrogen) atoms. The summed E-state index contributed by atoms with van der Waals surface area (Å²) < 4.78 is 19.5. The molecule has 3 aromatic rings. The normalized spacial score (nSPS) is 23.0. The van der Waals surface area contributed by atoms with Gasteiger partial charge in [0.05, 0.1) is 43.1 Å². The van der Waals surface area contributed by atoms with E-state index < -0.39 is 8.07 Å². The van der Waals surface area contributed by atoms with Crippen LogP contribution in [0.3, 0.4) is 0 Å². The van der Waals surface area contributed by atoms with Gasteiger partial charge < -0.3 is 24.1 Å². The number of anilines is 1. The maximum atomic E-state index is 13.5. The number of morpholine rings is 1. The third-order valence-electron chi connectivity index (χ3n) is 9.59. The van der Waals surface area contributed by atoms with E-state index >= 15 is 0 Å². The number of hydrogen-bond acceptors (Lipinski definition) is 7. The van der Waals surface area contributed by atoms with Crippen LogP contribution in [0.5, 0.6) is 5.75 Å². The molecule has 3 atom stereocenters. The molecule has 11 heteroatoms. The van der Waals surface area contributed by atoms with Crippen molar-refractivity contribution in [1.82, 2.24) is 24.6 Å². The van der Waals surface area contributed by atoms with Crippen LogP contribution in [0.2, 0.25) is 25.7 Å². The number of carbonyl (C=O) groups excluding carboxylic acids is 1. The molecule has 1 amide bonds. The number of imidazole rings is 1. The lowest BCUT2D eigenvalue weighted by atomic mass is 9.87. The maximum absolute atomic E-state index is 13.5. The fourth-order valence-electron chi connectivity index (χ4n) is 6.52. The minimum absolute atomic E-state index is 0.0136. The van der Waals surface area contributed by atoms with Crippen molar-refractivity contribution in [3.8, 4) is 17.3 Å². The van der Waals surface area contributed by atoms with Gasteiger partial charge in [-0.15, -0.1) is 0 Å². The highest BCUT2D eigenvalue weighted by molar-refractivity contribution is 6.76. The van der Waals surface area contributed by atoms with Gasteiger partial charge in [0.1, 0.15) is 18.2 Å². The average molecular weight is 595 g/mol. The molecule has 228 valence electrons. The monoisotopic (exact) mass is 594 g/mol. The van der Waals surface area contributed by atoms with Crippen molar-refractivity contribution in [2.75, 3.05) is 52.0 Å². The van der Waals surface area contributed by atoms with Crippen molar-refractivity contribution >= 4 is 30.7 Å². The van der Waals surface area contributed by atoms with Crippen LogP contribution in [0.15, 0.2) is 12.1 Å². The molecule has 2 fully saturated rings. The summed E-state index contributed by atoms with van der Waals surface area (Å²) in [7, 11) is 2.28. The topological polar surface area (TPSA) is 97.7 Å². The molecule has 0 radical (unpaired) electrons. The first-order chi connectivity index (χ1) is 20.0. The first-order valence-electron chi connectivity index (χ1n) is 15.3. The number of methoxy groups -OCH3 is 1. The summed E-state index contributed by atoms with van der Waals surface area (Å²) >= 11 is 0. The number of fused-ring (bicyclic) bond motifs is 3. The summed E-state index contributed by atoms with van der Waals surface area (Å²) in [5.41, 5.74) is 6.21. The Morgan fingerprint density at radius 2 is 2.05 bits per heavy atom. The number of H-pyrrole nitrogens is 1. The van der Waals surface area contributed by atoms with Crippen LogP contribution >= 0.6 is 0 Å². The molecule has 2 aliphatic carbocycles. The van der Waals surface area contributed by atoms with Crippen molar-refractivity contribution in [2.24, 2.45) is 11.3 Å². The van der Waals surface area contributed by atoms with Gasteiger partial charge in [-0.2, -0.15) is 5.10 Å². The zero-order valence-corrected chi connectivity index (χ0v) is 27.2. The summed E-state index contributed by atoms with van der Waals surface area (Å²) in [4.78, 5) is 25.9. The molecule has 3 heterocycles. The molecule has 1 aliphatic heterocycles. The van der Waals surface area contributed by atoms with E-state index in [1.165, 1.54) is 17.7 Å². The van der Waals surface area contributed by atoms with Gasteiger partial charge in [-0.05, 0) is 49.6 Å². The van der Waals surface area contributed by atoms with E-state index in [9.17, 15) is 4.79 Å². The summed E-state index contributed by atoms with van der Waals surface area (Å²) in [6.07, 6.45) is 3.32. The van der Waals surface area contributed by atoms with Crippen molar-refractivity contribution in [3.63, 3.8) is 0 Å². The van der Waals surface area contributed by atoms with Gasteiger partial charge in [-0.3, -0.25) is 9.69 Å². The van der Waals surface area contributed by atoms with Crippen LogP contribution in [0, 0.1) is 11.3 Å². The molecular weight excluding hydrogens is 548 g/mol. The van der Waals surface area contributed by atoms with Gasteiger partial charge >= 0.3 is 0 Å². The number of amides is 1. The SMILES string of the molecule is COc1cc2[nH]c(-c3nn(COCC[Si](C)(C)C)c4c3C[C@@H]3C[C@]3(C)C4)nc2cc1N(C)C(=O)C(C)N1CCOCC1. The fraction of sp³-hybridized carbons (Fsp3) is 0.645. The van der Waals surface area contributed by atoms with Crippen LogP contribution in [-0.2, 0) is 33.8 Å². The van der Waals surface area contributed by atoms with Gasteiger partial charge in [0.2, 0.25) is 5.91 Å². The molecule has 10 nitrogen and oxygen atoms in total. The minimum atomic E-state index is -1.16. The second-order valence-corrected chi connectivity index (χ2v) is 19.5. The Hall–Kier alpha value is -2.73. The lowest BCUT2D eigenvalue weighted by Gasteiger charge is -2.33. The first kappa shape index (κ1) is 29.3. The first-order valence-corrected chi connectivity index (χ1v) is 19.0. The van der Waals surface area contributed by atoms with Gasteiger partial charge in [0, 0.05) is 52.1 Å². The van der Waals surface area contributed by atoms with E-state index in [0.717, 1.165) is 61.1 Å². The molecule has 0 bridgehead atoms. The molecule has 1 saturated carbocycles. The van der Waals surface area contributed by atoms with Gasteiger partial charge in [0.15, 0.2) is 5.82 Å². The van der Waals surface area contributed by atoms with E-state index in [1.54, 1.807) is 12.0 Å². The smallest absolute Gasteiger partial charge is 0.243 e. The van der Waals surface area contributed by atoms with Crippen LogP contribution < -0.4 is 9.64 Å². The number of nitrogens with zero attached hydrogens (tertiary/aromatic N) is 5. The lowest BCUT2D eigenvalue weighted by molar-refractivity contribution is -0.124. The second-order valence-electron chi connectivity index (χ2n) is 13.9. The molecule has 2 aromatic heterocycles. The van der Waals surface area contributed by atoms with Crippen molar-refractivity contribution in [2.45, 2.75) is 71.6 Å². The zero-order chi connectivity index (χ0) is 29.8. The summed E-state index contributed by atoms with van der Waals surface area (Å²) in [6.45, 7) is 15.5. The Morgan fingerprint density at radius 1 is 1.29 bits per heavy atom. The molecule has 1 unspecified atom stereocenters. The Bertz CT molecular complexity index is 1470. The highest BCUT2D eigenvalue weighted by Crippen LogP contribution is 2.60. The van der Waals surface area contributed by atoms with Gasteiger partial charge in [0.25, 0.3) is 0 Å². The highest BCUT2D eigenvalue weighted by Gasteiger charge is 2.54. The molecule has 3 aliphatic rings. The maximum Gasteiger partial charge on any atom is 0.243 e. The Labute approximate surface area is 249 Å². The molecule has 0 spiro atoms. The lowest BCUT2D eigenvalue weighted by Crippen LogP contribution is -2.50. The van der Waals surface area contributed by atoms with Crippen LogP contribution in [0.25, 0.3) is 22.6 Å². The quantitative estimate of drug-likeness (QED) is 0.272. The van der Waals surface area contributed by atoms with Crippen molar-refractivity contribution in [1.29, 1.82) is 0 Å². The number of nitrogens with one attached hydrogen (secondary N) is 1. The van der Waals surface area contributed by atoms with Crippen LogP contribution in [0.1, 0.15) is 31.5 Å². The van der Waals surface area contributed by atoms with Crippen LogP contribution in [-0.4, -0.2) is 91.7 Å². The van der Waals surface area contributed by atoms with E-state index in [1.807, 2.05) is 26.1 Å². The Kier molecular flexibility index (Phi) is 7.74. The molecular formula is C31H46N6O4Si.